The lowest BCUT2D eigenvalue weighted by atomic mass is 9.97. The fraction of sp³-hybridized carbons (Fsp3) is 0.300. The second-order valence-electron chi connectivity index (χ2n) is 6.53. The van der Waals surface area contributed by atoms with Crippen LogP contribution in [0.5, 0.6) is 5.75 Å². The van der Waals surface area contributed by atoms with Crippen molar-refractivity contribution in [1.82, 2.24) is 5.32 Å². The summed E-state index contributed by atoms with van der Waals surface area (Å²) in [6, 6.07) is 10.8. The molecule has 0 bridgehead atoms. The Bertz CT molecular complexity index is 888. The van der Waals surface area contributed by atoms with Gasteiger partial charge in [0.25, 0.3) is 5.91 Å². The van der Waals surface area contributed by atoms with Gasteiger partial charge in [0.1, 0.15) is 5.75 Å². The summed E-state index contributed by atoms with van der Waals surface area (Å²) in [5.41, 5.74) is 2.92. The van der Waals surface area contributed by atoms with Crippen LogP contribution >= 0.6 is 27.5 Å². The number of carbonyl (C=O) groups is 2. The summed E-state index contributed by atoms with van der Waals surface area (Å²) in [6.45, 7) is 3.62. The van der Waals surface area contributed by atoms with Crippen molar-refractivity contribution < 1.29 is 14.3 Å². The molecule has 0 radical (unpaired) electrons. The molecule has 5 nitrogen and oxygen atoms in total. The topological polar surface area (TPSA) is 67.4 Å². The number of hydrogen-bond acceptors (Lipinski definition) is 3. The number of fused-ring (bicyclic) bond motifs is 1. The summed E-state index contributed by atoms with van der Waals surface area (Å²) in [4.78, 5) is 24.0. The van der Waals surface area contributed by atoms with Gasteiger partial charge in [-0.05, 0) is 71.6 Å². The molecule has 2 unspecified atom stereocenters. The Morgan fingerprint density at radius 2 is 2.00 bits per heavy atom. The molecule has 0 saturated carbocycles. The first-order chi connectivity index (χ1) is 12.8. The summed E-state index contributed by atoms with van der Waals surface area (Å²) in [5.74, 6) is 0.380. The Kier molecular flexibility index (Phi) is 6.07. The molecule has 2 amide bonds. The van der Waals surface area contributed by atoms with Crippen LogP contribution in [0, 0.1) is 0 Å². The van der Waals surface area contributed by atoms with Crippen LogP contribution in [0.3, 0.4) is 0 Å². The summed E-state index contributed by atoms with van der Waals surface area (Å²) in [5, 5.41) is 6.42. The van der Waals surface area contributed by atoms with Gasteiger partial charge >= 0.3 is 0 Å². The Morgan fingerprint density at radius 1 is 1.22 bits per heavy atom. The molecule has 0 spiro atoms. The van der Waals surface area contributed by atoms with Crippen LogP contribution in [0.4, 0.5) is 5.69 Å². The van der Waals surface area contributed by atoms with E-state index in [0.29, 0.717) is 28.1 Å². The van der Waals surface area contributed by atoms with E-state index in [1.165, 1.54) is 0 Å². The molecule has 2 aromatic rings. The molecule has 3 rings (SSSR count). The van der Waals surface area contributed by atoms with Crippen molar-refractivity contribution in [2.24, 2.45) is 0 Å². The minimum absolute atomic E-state index is 0.0379. The number of nitrogens with one attached hydrogen (secondary N) is 2. The number of aryl methyl sites for hydroxylation is 1. The third-order valence-electron chi connectivity index (χ3n) is 4.45. The zero-order valence-corrected chi connectivity index (χ0v) is 17.4. The van der Waals surface area contributed by atoms with Gasteiger partial charge in [0, 0.05) is 17.1 Å². The third kappa shape index (κ3) is 4.82. The Hall–Kier alpha value is -2.05. The minimum Gasteiger partial charge on any atom is -0.480 e. The summed E-state index contributed by atoms with van der Waals surface area (Å²) in [7, 11) is 0. The fourth-order valence-electron chi connectivity index (χ4n) is 2.90. The number of amides is 2. The number of ether oxygens (including phenoxy) is 1. The van der Waals surface area contributed by atoms with Gasteiger partial charge in [-0.3, -0.25) is 9.59 Å². The fourth-order valence-corrected chi connectivity index (χ4v) is 3.68. The molecular formula is C20H20BrClN2O3. The number of hydrogen-bond donors (Lipinski definition) is 2. The van der Waals surface area contributed by atoms with E-state index in [4.69, 9.17) is 16.3 Å². The first kappa shape index (κ1) is 19.7. The Labute approximate surface area is 171 Å². The van der Waals surface area contributed by atoms with Crippen molar-refractivity contribution in [3.05, 3.63) is 57.0 Å². The highest BCUT2D eigenvalue weighted by atomic mass is 79.9. The third-order valence-corrected chi connectivity index (χ3v) is 5.31. The van der Waals surface area contributed by atoms with E-state index in [2.05, 4.69) is 26.6 Å². The lowest BCUT2D eigenvalue weighted by Gasteiger charge is -2.22. The van der Waals surface area contributed by atoms with Crippen molar-refractivity contribution >= 4 is 45.0 Å². The summed E-state index contributed by atoms with van der Waals surface area (Å²) >= 11 is 9.30. The standard InChI is InChI=1S/C20H20BrClN2O3/c1-11(13-3-6-17-14(9-13)4-8-19(25)24-17)23-20(26)12(2)27-18-7-5-15(22)10-16(18)21/h3,5-7,9-12H,4,8H2,1-2H3,(H,23,26)(H,24,25). The van der Waals surface area contributed by atoms with Crippen molar-refractivity contribution in [2.45, 2.75) is 38.8 Å². The van der Waals surface area contributed by atoms with Crippen LogP contribution in [0.2, 0.25) is 5.02 Å². The molecule has 1 heterocycles. The Balaban J connectivity index is 1.64. The predicted octanol–water partition coefficient (Wildman–Crippen LogP) is 4.63. The lowest BCUT2D eigenvalue weighted by Crippen LogP contribution is -2.37. The van der Waals surface area contributed by atoms with Crippen LogP contribution in [0.15, 0.2) is 40.9 Å². The maximum absolute atomic E-state index is 12.5. The molecular weight excluding hydrogens is 432 g/mol. The molecule has 142 valence electrons. The molecule has 27 heavy (non-hydrogen) atoms. The summed E-state index contributed by atoms with van der Waals surface area (Å²) < 4.78 is 6.43. The number of halogens is 2. The van der Waals surface area contributed by atoms with E-state index in [1.54, 1.807) is 25.1 Å². The van der Waals surface area contributed by atoms with Crippen LogP contribution in [0.1, 0.15) is 37.4 Å². The van der Waals surface area contributed by atoms with Gasteiger partial charge in [-0.2, -0.15) is 0 Å². The molecule has 2 atom stereocenters. The first-order valence-corrected chi connectivity index (χ1v) is 9.85. The molecule has 0 aromatic heterocycles. The van der Waals surface area contributed by atoms with E-state index in [-0.39, 0.29) is 17.9 Å². The van der Waals surface area contributed by atoms with Crippen molar-refractivity contribution in [2.75, 3.05) is 5.32 Å². The highest BCUT2D eigenvalue weighted by Gasteiger charge is 2.20. The van der Waals surface area contributed by atoms with Gasteiger partial charge in [-0.1, -0.05) is 23.7 Å². The number of benzene rings is 2. The van der Waals surface area contributed by atoms with Gasteiger partial charge < -0.3 is 15.4 Å². The van der Waals surface area contributed by atoms with Gasteiger partial charge in [-0.25, -0.2) is 0 Å². The van der Waals surface area contributed by atoms with Crippen LogP contribution in [0.25, 0.3) is 0 Å². The maximum atomic E-state index is 12.5. The van der Waals surface area contributed by atoms with Gasteiger partial charge in [0.05, 0.1) is 10.5 Å². The second-order valence-corrected chi connectivity index (χ2v) is 7.82. The second kappa shape index (κ2) is 8.31. The average Bonchev–Trinajstić information content (AvgIpc) is 2.63. The van der Waals surface area contributed by atoms with E-state index < -0.39 is 6.10 Å². The zero-order chi connectivity index (χ0) is 19.6. The van der Waals surface area contributed by atoms with Gasteiger partial charge in [0.2, 0.25) is 5.91 Å². The normalized spacial score (nSPS) is 15.3. The molecule has 0 fully saturated rings. The molecule has 2 N–H and O–H groups in total. The van der Waals surface area contributed by atoms with E-state index >= 15 is 0 Å². The number of carbonyl (C=O) groups excluding carboxylic acids is 2. The van der Waals surface area contributed by atoms with Crippen molar-refractivity contribution in [3.63, 3.8) is 0 Å². The van der Waals surface area contributed by atoms with E-state index in [0.717, 1.165) is 16.8 Å². The van der Waals surface area contributed by atoms with Gasteiger partial charge in [0.15, 0.2) is 6.10 Å². The molecule has 1 aliphatic heterocycles. The monoisotopic (exact) mass is 450 g/mol. The smallest absolute Gasteiger partial charge is 0.261 e. The lowest BCUT2D eigenvalue weighted by molar-refractivity contribution is -0.128. The van der Waals surface area contributed by atoms with Crippen molar-refractivity contribution in [3.8, 4) is 5.75 Å². The highest BCUT2D eigenvalue weighted by molar-refractivity contribution is 9.10. The molecule has 0 saturated heterocycles. The first-order valence-electron chi connectivity index (χ1n) is 8.68. The minimum atomic E-state index is -0.665. The average molecular weight is 452 g/mol. The quantitative estimate of drug-likeness (QED) is 0.696. The number of rotatable bonds is 5. The summed E-state index contributed by atoms with van der Waals surface area (Å²) in [6.07, 6.45) is 0.527. The maximum Gasteiger partial charge on any atom is 0.261 e. The number of anilines is 1. The molecule has 0 aliphatic carbocycles. The van der Waals surface area contributed by atoms with Gasteiger partial charge in [-0.15, -0.1) is 0 Å². The molecule has 1 aliphatic rings. The largest absolute Gasteiger partial charge is 0.480 e. The van der Waals surface area contributed by atoms with E-state index in [1.807, 2.05) is 25.1 Å². The van der Waals surface area contributed by atoms with Crippen LogP contribution in [-0.4, -0.2) is 17.9 Å². The van der Waals surface area contributed by atoms with Crippen LogP contribution < -0.4 is 15.4 Å². The predicted molar refractivity (Wildman–Crippen MR) is 109 cm³/mol. The van der Waals surface area contributed by atoms with E-state index in [9.17, 15) is 9.59 Å². The SMILES string of the molecule is CC(Oc1ccc(Cl)cc1Br)C(=O)NC(C)c1ccc2c(c1)CCC(=O)N2. The van der Waals surface area contributed by atoms with Crippen molar-refractivity contribution in [1.29, 1.82) is 0 Å². The molecule has 2 aromatic carbocycles. The molecule has 7 heteroatoms. The van der Waals surface area contributed by atoms with Crippen LogP contribution in [-0.2, 0) is 16.0 Å². The zero-order valence-electron chi connectivity index (χ0n) is 15.0. The highest BCUT2D eigenvalue weighted by Crippen LogP contribution is 2.29. The Morgan fingerprint density at radius 3 is 2.74 bits per heavy atom.